The molecule has 2 aliphatic rings. The molecule has 204 valence electrons. The van der Waals surface area contributed by atoms with Crippen LogP contribution in [0.2, 0.25) is 5.02 Å². The summed E-state index contributed by atoms with van der Waals surface area (Å²) in [6, 6.07) is 19.6. The van der Waals surface area contributed by atoms with Crippen molar-refractivity contribution in [1.29, 1.82) is 0 Å². The Labute approximate surface area is 238 Å². The maximum atomic E-state index is 13.9. The molecule has 0 fully saturated rings. The van der Waals surface area contributed by atoms with Gasteiger partial charge in [0.05, 0.1) is 24.8 Å². The van der Waals surface area contributed by atoms with Gasteiger partial charge in [-0.05, 0) is 55.0 Å². The van der Waals surface area contributed by atoms with Crippen molar-refractivity contribution in [1.82, 2.24) is 4.57 Å². The Hall–Kier alpha value is -4.08. The third kappa shape index (κ3) is 4.45. The minimum absolute atomic E-state index is 0.242. The van der Waals surface area contributed by atoms with Crippen molar-refractivity contribution in [2.75, 3.05) is 14.2 Å². The van der Waals surface area contributed by atoms with E-state index in [-0.39, 0.29) is 12.2 Å². The summed E-state index contributed by atoms with van der Waals surface area (Å²) in [5.74, 6) is 0.577. The lowest BCUT2D eigenvalue weighted by Crippen LogP contribution is -2.58. The van der Waals surface area contributed by atoms with E-state index in [0.29, 0.717) is 31.6 Å². The molecule has 40 heavy (non-hydrogen) atoms. The molecule has 3 heterocycles. The number of carbonyl (C=O) groups is 1. The molecule has 0 spiro atoms. The van der Waals surface area contributed by atoms with E-state index in [1.165, 1.54) is 18.4 Å². The van der Waals surface area contributed by atoms with E-state index in [4.69, 9.17) is 35.5 Å². The van der Waals surface area contributed by atoms with Crippen molar-refractivity contribution in [3.63, 3.8) is 0 Å². The first-order valence-electron chi connectivity index (χ1n) is 12.6. The molecule has 0 saturated heterocycles. The summed E-state index contributed by atoms with van der Waals surface area (Å²) in [6.07, 6.45) is 1.81. The largest absolute Gasteiger partial charge is 0.496 e. The standard InChI is InChI=1S/C30H25ClN2O6S/c1-30-25(28(35)37-3)26(21-9-4-5-10-23(21)39-30)33-27(34)24(40-29(33)32-30)14-17-11-12-22(36-2)18(13-17)16-38-20-8-6-7-19(31)15-20/h4-15,25-26H,16H2,1-3H3/b24-14+/t25-,26+,30-/m0/s1. The van der Waals surface area contributed by atoms with Gasteiger partial charge in [0.15, 0.2) is 4.80 Å². The highest BCUT2D eigenvalue weighted by Crippen LogP contribution is 2.47. The Balaban J connectivity index is 1.44. The van der Waals surface area contributed by atoms with Crippen molar-refractivity contribution >= 4 is 35.0 Å². The fourth-order valence-electron chi connectivity index (χ4n) is 5.30. The van der Waals surface area contributed by atoms with Crippen LogP contribution in [0.3, 0.4) is 0 Å². The predicted octanol–water partition coefficient (Wildman–Crippen LogP) is 4.10. The van der Waals surface area contributed by atoms with E-state index in [0.717, 1.165) is 16.7 Å². The number of thiazole rings is 1. The third-order valence-electron chi connectivity index (χ3n) is 7.13. The van der Waals surface area contributed by atoms with E-state index < -0.39 is 23.7 Å². The Bertz CT molecular complexity index is 1820. The molecular formula is C30H25ClN2O6S. The van der Waals surface area contributed by atoms with Gasteiger partial charge in [0, 0.05) is 16.1 Å². The molecule has 4 aromatic rings. The predicted molar refractivity (Wildman–Crippen MR) is 151 cm³/mol. The molecule has 0 radical (unpaired) electrons. The van der Waals surface area contributed by atoms with E-state index in [1.807, 2.05) is 60.7 Å². The fourth-order valence-corrected chi connectivity index (χ4v) is 6.58. The average molecular weight is 577 g/mol. The SMILES string of the molecule is COC(=O)[C@@H]1[C@H]2c3ccccc3O[C@]1(C)N=c1s/c(=C/c3ccc(OC)c(COc4cccc(Cl)c4)c3)c(=O)n12. The zero-order valence-electron chi connectivity index (χ0n) is 21.9. The first-order chi connectivity index (χ1) is 19.3. The first kappa shape index (κ1) is 26.2. The number of fused-ring (bicyclic) bond motifs is 6. The lowest BCUT2D eigenvalue weighted by molar-refractivity contribution is -0.158. The van der Waals surface area contributed by atoms with Gasteiger partial charge in [-0.15, -0.1) is 0 Å². The number of benzene rings is 3. The quantitative estimate of drug-likeness (QED) is 0.321. The Morgan fingerprint density at radius 2 is 1.98 bits per heavy atom. The van der Waals surface area contributed by atoms with Crippen molar-refractivity contribution in [3.8, 4) is 17.2 Å². The molecule has 0 unspecified atom stereocenters. The third-order valence-corrected chi connectivity index (χ3v) is 8.35. The van der Waals surface area contributed by atoms with Gasteiger partial charge in [-0.25, -0.2) is 4.99 Å². The van der Waals surface area contributed by atoms with E-state index in [1.54, 1.807) is 30.7 Å². The second kappa shape index (κ2) is 10.1. The van der Waals surface area contributed by atoms with Crippen molar-refractivity contribution in [2.45, 2.75) is 25.3 Å². The number of para-hydroxylation sites is 1. The number of nitrogens with zero attached hydrogens (tertiary/aromatic N) is 2. The van der Waals surface area contributed by atoms with Crippen LogP contribution in [0.1, 0.15) is 29.7 Å². The molecule has 3 atom stereocenters. The first-order valence-corrected chi connectivity index (χ1v) is 13.7. The maximum absolute atomic E-state index is 13.9. The van der Waals surface area contributed by atoms with Crippen LogP contribution in [-0.2, 0) is 16.1 Å². The van der Waals surface area contributed by atoms with Crippen molar-refractivity contribution < 1.29 is 23.7 Å². The van der Waals surface area contributed by atoms with Gasteiger partial charge in [0.25, 0.3) is 5.56 Å². The number of methoxy groups -OCH3 is 2. The Morgan fingerprint density at radius 1 is 1.15 bits per heavy atom. The van der Waals surface area contributed by atoms with Gasteiger partial charge >= 0.3 is 5.97 Å². The Morgan fingerprint density at radius 3 is 2.75 bits per heavy atom. The minimum atomic E-state index is -1.22. The molecule has 3 aromatic carbocycles. The van der Waals surface area contributed by atoms with Gasteiger partial charge in [0.1, 0.15) is 29.8 Å². The molecule has 8 nitrogen and oxygen atoms in total. The molecule has 0 saturated carbocycles. The topological polar surface area (TPSA) is 88.4 Å². The minimum Gasteiger partial charge on any atom is -0.496 e. The van der Waals surface area contributed by atoms with Crippen LogP contribution in [0.25, 0.3) is 6.08 Å². The van der Waals surface area contributed by atoms with Crippen LogP contribution in [0.15, 0.2) is 76.5 Å². The van der Waals surface area contributed by atoms with E-state index in [9.17, 15) is 9.59 Å². The smallest absolute Gasteiger partial charge is 0.317 e. The van der Waals surface area contributed by atoms with Crippen LogP contribution in [0.5, 0.6) is 17.2 Å². The molecule has 0 aliphatic carbocycles. The number of aromatic nitrogens is 1. The normalized spacial score (nSPS) is 20.9. The summed E-state index contributed by atoms with van der Waals surface area (Å²) in [5, 5.41) is 0.583. The highest BCUT2D eigenvalue weighted by atomic mass is 35.5. The van der Waals surface area contributed by atoms with Crippen LogP contribution >= 0.6 is 22.9 Å². The molecular weight excluding hydrogens is 552 g/mol. The van der Waals surface area contributed by atoms with Gasteiger partial charge in [-0.1, -0.05) is 53.3 Å². The lowest BCUT2D eigenvalue weighted by Gasteiger charge is -2.44. The van der Waals surface area contributed by atoms with E-state index >= 15 is 0 Å². The fraction of sp³-hybridized carbons (Fsp3) is 0.233. The number of hydrogen-bond acceptors (Lipinski definition) is 8. The van der Waals surface area contributed by atoms with Crippen LogP contribution in [-0.4, -0.2) is 30.5 Å². The molecule has 0 N–H and O–H groups in total. The summed E-state index contributed by atoms with van der Waals surface area (Å²) < 4.78 is 24.9. The number of ether oxygens (including phenoxy) is 4. The molecule has 0 amide bonds. The molecule has 10 heteroatoms. The van der Waals surface area contributed by atoms with Crippen LogP contribution in [0.4, 0.5) is 0 Å². The van der Waals surface area contributed by atoms with Crippen molar-refractivity contribution in [2.24, 2.45) is 10.9 Å². The summed E-state index contributed by atoms with van der Waals surface area (Å²) in [7, 11) is 2.93. The number of esters is 1. The van der Waals surface area contributed by atoms with Crippen LogP contribution < -0.4 is 29.1 Å². The van der Waals surface area contributed by atoms with Crippen LogP contribution in [0, 0.1) is 5.92 Å². The van der Waals surface area contributed by atoms with Gasteiger partial charge in [0.2, 0.25) is 5.72 Å². The highest BCUT2D eigenvalue weighted by Gasteiger charge is 2.55. The van der Waals surface area contributed by atoms with Gasteiger partial charge < -0.3 is 18.9 Å². The van der Waals surface area contributed by atoms with Gasteiger partial charge in [-0.3, -0.25) is 14.2 Å². The molecule has 2 aliphatic heterocycles. The number of carbonyl (C=O) groups excluding carboxylic acids is 1. The second-order valence-corrected chi connectivity index (χ2v) is 11.1. The monoisotopic (exact) mass is 576 g/mol. The summed E-state index contributed by atoms with van der Waals surface area (Å²) in [5.41, 5.74) is 0.874. The summed E-state index contributed by atoms with van der Waals surface area (Å²) >= 11 is 7.34. The number of rotatable bonds is 6. The molecule has 6 rings (SSSR count). The highest BCUT2D eigenvalue weighted by molar-refractivity contribution is 7.07. The molecule has 1 aromatic heterocycles. The number of hydrogen-bond donors (Lipinski definition) is 0. The van der Waals surface area contributed by atoms with E-state index in [2.05, 4.69) is 0 Å². The second-order valence-electron chi connectivity index (χ2n) is 9.64. The average Bonchev–Trinajstić information content (AvgIpc) is 3.24. The molecule has 2 bridgehead atoms. The maximum Gasteiger partial charge on any atom is 0.317 e. The zero-order valence-corrected chi connectivity index (χ0v) is 23.5. The summed E-state index contributed by atoms with van der Waals surface area (Å²) in [6.45, 7) is 2.00. The van der Waals surface area contributed by atoms with Crippen molar-refractivity contribution in [3.05, 3.63) is 108 Å². The Kier molecular flexibility index (Phi) is 6.64. The summed E-state index contributed by atoms with van der Waals surface area (Å²) in [4.78, 5) is 32.1. The van der Waals surface area contributed by atoms with Gasteiger partial charge in [-0.2, -0.15) is 0 Å². The number of halogens is 1. The lowest BCUT2D eigenvalue weighted by atomic mass is 9.81. The zero-order chi connectivity index (χ0) is 28.0.